The van der Waals surface area contributed by atoms with Crippen LogP contribution in [0.3, 0.4) is 0 Å². The van der Waals surface area contributed by atoms with E-state index in [0.29, 0.717) is 23.9 Å². The van der Waals surface area contributed by atoms with Crippen molar-refractivity contribution in [3.8, 4) is 0 Å². The molecule has 0 radical (unpaired) electrons. The molecule has 0 spiro atoms. The number of hydrogen-bond donors (Lipinski definition) is 1. The molecule has 1 aromatic carbocycles. The molecule has 0 aliphatic carbocycles. The SMILES string of the molecule is CC1C(c2ccccc2)CCN1C(=O)[C@H]1CCN[C@@H](C)C1.Cl. The maximum atomic E-state index is 12.8. The van der Waals surface area contributed by atoms with Crippen LogP contribution in [0.15, 0.2) is 30.3 Å². The van der Waals surface area contributed by atoms with Gasteiger partial charge in [0.25, 0.3) is 0 Å². The Bertz CT molecular complexity index is 493. The molecule has 2 heterocycles. The van der Waals surface area contributed by atoms with E-state index in [9.17, 15) is 4.79 Å². The van der Waals surface area contributed by atoms with Gasteiger partial charge in [-0.05, 0) is 45.2 Å². The van der Waals surface area contributed by atoms with Crippen LogP contribution in [-0.4, -0.2) is 36.0 Å². The average Bonchev–Trinajstić information content (AvgIpc) is 2.89. The molecule has 2 saturated heterocycles. The Labute approximate surface area is 139 Å². The Hall–Kier alpha value is -1.06. The minimum atomic E-state index is 0. The highest BCUT2D eigenvalue weighted by Crippen LogP contribution is 2.35. The van der Waals surface area contributed by atoms with E-state index in [1.807, 2.05) is 0 Å². The number of amides is 1. The summed E-state index contributed by atoms with van der Waals surface area (Å²) in [5.41, 5.74) is 1.37. The lowest BCUT2D eigenvalue weighted by atomic mass is 9.90. The Balaban J connectivity index is 0.00000176. The fraction of sp³-hybridized carbons (Fsp3) is 0.611. The zero-order valence-corrected chi connectivity index (χ0v) is 14.3. The number of likely N-dealkylation sites (tertiary alicyclic amines) is 1. The van der Waals surface area contributed by atoms with Gasteiger partial charge in [0.05, 0.1) is 0 Å². The van der Waals surface area contributed by atoms with E-state index in [1.54, 1.807) is 0 Å². The lowest BCUT2D eigenvalue weighted by molar-refractivity contribution is -0.137. The molecule has 4 atom stereocenters. The first-order chi connectivity index (χ1) is 10.2. The molecule has 2 unspecified atom stereocenters. The van der Waals surface area contributed by atoms with Gasteiger partial charge in [0.15, 0.2) is 0 Å². The topological polar surface area (TPSA) is 32.3 Å². The van der Waals surface area contributed by atoms with Gasteiger partial charge in [0, 0.05) is 30.5 Å². The number of carbonyl (C=O) groups excluding carboxylic acids is 1. The molecule has 1 amide bonds. The summed E-state index contributed by atoms with van der Waals surface area (Å²) in [4.78, 5) is 15.0. The summed E-state index contributed by atoms with van der Waals surface area (Å²) in [7, 11) is 0. The highest BCUT2D eigenvalue weighted by Gasteiger charge is 2.38. The van der Waals surface area contributed by atoms with Gasteiger partial charge in [-0.25, -0.2) is 0 Å². The number of carbonyl (C=O) groups is 1. The predicted octanol–water partition coefficient (Wildman–Crippen LogP) is 3.20. The summed E-state index contributed by atoms with van der Waals surface area (Å²) in [5.74, 6) is 1.10. The lowest BCUT2D eigenvalue weighted by Crippen LogP contribution is -2.45. The zero-order chi connectivity index (χ0) is 14.8. The number of piperidine rings is 1. The number of rotatable bonds is 2. The van der Waals surface area contributed by atoms with Gasteiger partial charge in [0.1, 0.15) is 0 Å². The van der Waals surface area contributed by atoms with Gasteiger partial charge < -0.3 is 10.2 Å². The summed E-state index contributed by atoms with van der Waals surface area (Å²) in [5, 5.41) is 3.43. The van der Waals surface area contributed by atoms with Gasteiger partial charge >= 0.3 is 0 Å². The molecule has 2 aliphatic heterocycles. The standard InChI is InChI=1S/C18H26N2O.ClH/c1-13-12-16(8-10-19-13)18(21)20-11-9-17(14(20)2)15-6-4-3-5-7-15;/h3-7,13-14,16-17,19H,8-12H2,1-2H3;1H/t13-,14?,16-,17?;/m0./s1. The van der Waals surface area contributed by atoms with Crippen molar-refractivity contribution in [2.45, 2.75) is 51.1 Å². The molecule has 122 valence electrons. The van der Waals surface area contributed by atoms with Crippen molar-refractivity contribution in [2.24, 2.45) is 5.92 Å². The van der Waals surface area contributed by atoms with Crippen LogP contribution in [0.5, 0.6) is 0 Å². The van der Waals surface area contributed by atoms with Gasteiger partial charge in [-0.1, -0.05) is 30.3 Å². The third-order valence-corrected chi connectivity index (χ3v) is 5.24. The van der Waals surface area contributed by atoms with Crippen LogP contribution >= 0.6 is 12.4 Å². The molecule has 1 aromatic rings. The van der Waals surface area contributed by atoms with Gasteiger partial charge in [-0.15, -0.1) is 12.4 Å². The number of halogens is 1. The van der Waals surface area contributed by atoms with Gasteiger partial charge in [0.2, 0.25) is 5.91 Å². The summed E-state index contributed by atoms with van der Waals surface area (Å²) in [6, 6.07) is 11.4. The second-order valence-corrected chi connectivity index (χ2v) is 6.65. The van der Waals surface area contributed by atoms with Crippen LogP contribution in [-0.2, 0) is 4.79 Å². The normalized spacial score (nSPS) is 31.6. The van der Waals surface area contributed by atoms with Crippen LogP contribution in [0.2, 0.25) is 0 Å². The monoisotopic (exact) mass is 322 g/mol. The van der Waals surface area contributed by atoms with Crippen LogP contribution in [0, 0.1) is 5.92 Å². The largest absolute Gasteiger partial charge is 0.339 e. The minimum absolute atomic E-state index is 0. The molecule has 1 N–H and O–H groups in total. The zero-order valence-electron chi connectivity index (χ0n) is 13.5. The Morgan fingerprint density at radius 1 is 1.18 bits per heavy atom. The molecule has 22 heavy (non-hydrogen) atoms. The van der Waals surface area contributed by atoms with Gasteiger partial charge in [-0.3, -0.25) is 4.79 Å². The van der Waals surface area contributed by atoms with Crippen molar-refractivity contribution in [1.29, 1.82) is 0 Å². The fourth-order valence-electron chi connectivity index (χ4n) is 3.99. The molecular weight excluding hydrogens is 296 g/mol. The van der Waals surface area contributed by atoms with E-state index in [-0.39, 0.29) is 18.3 Å². The second kappa shape index (κ2) is 7.47. The Kier molecular flexibility index (Phi) is 5.87. The number of benzene rings is 1. The first-order valence-electron chi connectivity index (χ1n) is 8.25. The van der Waals surface area contributed by atoms with E-state index in [1.165, 1.54) is 5.56 Å². The first-order valence-corrected chi connectivity index (χ1v) is 8.25. The van der Waals surface area contributed by atoms with E-state index in [0.717, 1.165) is 32.4 Å². The van der Waals surface area contributed by atoms with E-state index >= 15 is 0 Å². The molecule has 0 bridgehead atoms. The number of hydrogen-bond acceptors (Lipinski definition) is 2. The second-order valence-electron chi connectivity index (χ2n) is 6.65. The molecular formula is C18H27ClN2O. The highest BCUT2D eigenvalue weighted by atomic mass is 35.5. The lowest BCUT2D eigenvalue weighted by Gasteiger charge is -2.33. The molecule has 2 fully saturated rings. The maximum absolute atomic E-state index is 12.8. The fourth-order valence-corrected chi connectivity index (χ4v) is 3.99. The molecule has 2 aliphatic rings. The first kappa shape index (κ1) is 17.3. The van der Waals surface area contributed by atoms with Crippen molar-refractivity contribution in [3.63, 3.8) is 0 Å². The van der Waals surface area contributed by atoms with Crippen molar-refractivity contribution in [1.82, 2.24) is 10.2 Å². The summed E-state index contributed by atoms with van der Waals surface area (Å²) in [6.07, 6.45) is 3.07. The molecule has 3 nitrogen and oxygen atoms in total. The van der Waals surface area contributed by atoms with Crippen molar-refractivity contribution in [2.75, 3.05) is 13.1 Å². The predicted molar refractivity (Wildman–Crippen MR) is 92.4 cm³/mol. The third-order valence-electron chi connectivity index (χ3n) is 5.24. The summed E-state index contributed by atoms with van der Waals surface area (Å²) in [6.45, 7) is 6.28. The van der Waals surface area contributed by atoms with E-state index in [2.05, 4.69) is 54.4 Å². The van der Waals surface area contributed by atoms with Gasteiger partial charge in [-0.2, -0.15) is 0 Å². The smallest absolute Gasteiger partial charge is 0.226 e. The summed E-state index contributed by atoms with van der Waals surface area (Å²) >= 11 is 0. The van der Waals surface area contributed by atoms with Crippen LogP contribution in [0.4, 0.5) is 0 Å². The van der Waals surface area contributed by atoms with E-state index < -0.39 is 0 Å². The van der Waals surface area contributed by atoms with Crippen LogP contribution in [0.25, 0.3) is 0 Å². The average molecular weight is 323 g/mol. The number of nitrogens with zero attached hydrogens (tertiary/aromatic N) is 1. The molecule has 3 rings (SSSR count). The Morgan fingerprint density at radius 2 is 1.91 bits per heavy atom. The molecule has 0 saturated carbocycles. The van der Waals surface area contributed by atoms with E-state index in [4.69, 9.17) is 0 Å². The number of nitrogens with one attached hydrogen (secondary N) is 1. The van der Waals surface area contributed by atoms with Crippen molar-refractivity contribution >= 4 is 18.3 Å². The van der Waals surface area contributed by atoms with Crippen LogP contribution < -0.4 is 5.32 Å². The molecule has 0 aromatic heterocycles. The van der Waals surface area contributed by atoms with Crippen LogP contribution in [0.1, 0.15) is 44.6 Å². The molecule has 4 heteroatoms. The summed E-state index contributed by atoms with van der Waals surface area (Å²) < 4.78 is 0. The van der Waals surface area contributed by atoms with Crippen molar-refractivity contribution in [3.05, 3.63) is 35.9 Å². The highest BCUT2D eigenvalue weighted by molar-refractivity contribution is 5.85. The van der Waals surface area contributed by atoms with Crippen molar-refractivity contribution < 1.29 is 4.79 Å². The third kappa shape index (κ3) is 3.47. The quantitative estimate of drug-likeness (QED) is 0.907. The maximum Gasteiger partial charge on any atom is 0.226 e. The Morgan fingerprint density at radius 3 is 2.59 bits per heavy atom. The minimum Gasteiger partial charge on any atom is -0.339 e.